The molecule has 2 N–H and O–H groups in total. The summed E-state index contributed by atoms with van der Waals surface area (Å²) in [7, 11) is 0. The van der Waals surface area contributed by atoms with Gasteiger partial charge in [0.1, 0.15) is 5.60 Å². The van der Waals surface area contributed by atoms with Gasteiger partial charge in [-0.3, -0.25) is 9.59 Å². The van der Waals surface area contributed by atoms with Gasteiger partial charge in [-0.15, -0.1) is 0 Å². The fourth-order valence-corrected chi connectivity index (χ4v) is 2.42. The van der Waals surface area contributed by atoms with Gasteiger partial charge in [-0.25, -0.2) is 4.79 Å². The minimum Gasteiger partial charge on any atom is -0.444 e. The van der Waals surface area contributed by atoms with Crippen molar-refractivity contribution in [2.45, 2.75) is 38.6 Å². The summed E-state index contributed by atoms with van der Waals surface area (Å²) >= 11 is 0. The summed E-state index contributed by atoms with van der Waals surface area (Å²) in [6.07, 6.45) is -5.03. The molecule has 1 aromatic rings. The smallest absolute Gasteiger partial charge is 0.416 e. The van der Waals surface area contributed by atoms with Gasteiger partial charge in [0.2, 0.25) is 5.91 Å². The molecule has 1 aliphatic heterocycles. The van der Waals surface area contributed by atoms with Crippen LogP contribution in [0.3, 0.4) is 0 Å². The van der Waals surface area contributed by atoms with Crippen LogP contribution in [-0.2, 0) is 15.7 Å². The highest BCUT2D eigenvalue weighted by atomic mass is 19.4. The molecule has 1 heterocycles. The van der Waals surface area contributed by atoms with Gasteiger partial charge in [-0.1, -0.05) is 6.07 Å². The molecule has 1 saturated heterocycles. The number of ether oxygens (including phenoxy) is 1. The summed E-state index contributed by atoms with van der Waals surface area (Å²) in [5.74, 6) is -1.29. The molecule has 3 amide bonds. The summed E-state index contributed by atoms with van der Waals surface area (Å²) in [4.78, 5) is 37.0. The number of hydrogen-bond donors (Lipinski definition) is 2. The molecular formula is C18H22F3N3O4. The highest BCUT2D eigenvalue weighted by Gasteiger charge is 2.34. The molecule has 0 saturated carbocycles. The van der Waals surface area contributed by atoms with Crippen molar-refractivity contribution in [1.82, 2.24) is 15.5 Å². The Morgan fingerprint density at radius 3 is 2.39 bits per heavy atom. The zero-order valence-electron chi connectivity index (χ0n) is 15.7. The lowest BCUT2D eigenvalue weighted by Crippen LogP contribution is -2.62. The van der Waals surface area contributed by atoms with Crippen LogP contribution >= 0.6 is 0 Å². The molecule has 0 aromatic heterocycles. The summed E-state index contributed by atoms with van der Waals surface area (Å²) < 4.78 is 43.2. The molecule has 2 rings (SSSR count). The van der Waals surface area contributed by atoms with Crippen LogP contribution in [0.5, 0.6) is 0 Å². The van der Waals surface area contributed by atoms with Crippen LogP contribution in [0.1, 0.15) is 36.7 Å². The van der Waals surface area contributed by atoms with Gasteiger partial charge in [0, 0.05) is 18.7 Å². The van der Waals surface area contributed by atoms with Crippen molar-refractivity contribution in [1.29, 1.82) is 0 Å². The van der Waals surface area contributed by atoms with E-state index >= 15 is 0 Å². The molecule has 0 spiro atoms. The van der Waals surface area contributed by atoms with Crippen LogP contribution in [0.25, 0.3) is 0 Å². The minimum absolute atomic E-state index is 0.192. The van der Waals surface area contributed by atoms with E-state index in [-0.39, 0.29) is 24.7 Å². The summed E-state index contributed by atoms with van der Waals surface area (Å²) in [6.45, 7) is 5.41. The molecule has 1 aliphatic rings. The van der Waals surface area contributed by atoms with Crippen molar-refractivity contribution in [3.05, 3.63) is 35.4 Å². The van der Waals surface area contributed by atoms with E-state index in [1.54, 1.807) is 20.8 Å². The van der Waals surface area contributed by atoms with Crippen molar-refractivity contribution < 1.29 is 32.3 Å². The van der Waals surface area contributed by atoms with Crippen LogP contribution in [0, 0.1) is 0 Å². The molecule has 7 nitrogen and oxygen atoms in total. The second kappa shape index (κ2) is 8.07. The lowest BCUT2D eigenvalue weighted by atomic mass is 10.1. The molecule has 154 valence electrons. The second-order valence-electron chi connectivity index (χ2n) is 7.41. The summed E-state index contributed by atoms with van der Waals surface area (Å²) in [5, 5.41) is 4.90. The third-order valence-corrected chi connectivity index (χ3v) is 3.76. The van der Waals surface area contributed by atoms with Crippen molar-refractivity contribution in [3.63, 3.8) is 0 Å². The number of rotatable bonds is 4. The maximum absolute atomic E-state index is 12.7. The van der Waals surface area contributed by atoms with Gasteiger partial charge >= 0.3 is 12.3 Å². The molecule has 0 aliphatic carbocycles. The standard InChI is InChI=1S/C18H22F3N3O4/c1-17(2,3)28-16(27)24-9-13(10-24)23-14(25)8-22-15(26)11-5-4-6-12(7-11)18(19,20)21/h4-7,13H,8-10H2,1-3H3,(H,22,26)(H,23,25). The monoisotopic (exact) mass is 401 g/mol. The Labute approximate surface area is 160 Å². The maximum atomic E-state index is 12.7. The predicted molar refractivity (Wildman–Crippen MR) is 93.5 cm³/mol. The van der Waals surface area contributed by atoms with Crippen molar-refractivity contribution in [3.8, 4) is 0 Å². The van der Waals surface area contributed by atoms with Crippen molar-refractivity contribution in [2.24, 2.45) is 0 Å². The van der Waals surface area contributed by atoms with E-state index < -0.39 is 41.8 Å². The van der Waals surface area contributed by atoms with E-state index in [0.717, 1.165) is 18.2 Å². The van der Waals surface area contributed by atoms with Gasteiger partial charge in [-0.05, 0) is 39.0 Å². The first-order valence-corrected chi connectivity index (χ1v) is 8.58. The van der Waals surface area contributed by atoms with Crippen LogP contribution in [-0.4, -0.2) is 54.1 Å². The lowest BCUT2D eigenvalue weighted by molar-refractivity contribution is -0.137. The number of nitrogens with one attached hydrogen (secondary N) is 2. The van der Waals surface area contributed by atoms with Crippen LogP contribution in [0.2, 0.25) is 0 Å². The minimum atomic E-state index is -4.56. The summed E-state index contributed by atoms with van der Waals surface area (Å²) in [6, 6.07) is 3.66. The quantitative estimate of drug-likeness (QED) is 0.810. The Hall–Kier alpha value is -2.78. The van der Waals surface area contributed by atoms with E-state index in [4.69, 9.17) is 4.74 Å². The van der Waals surface area contributed by atoms with Gasteiger partial charge < -0.3 is 20.3 Å². The average Bonchev–Trinajstić information content (AvgIpc) is 2.53. The summed E-state index contributed by atoms with van der Waals surface area (Å²) in [5.41, 5.74) is -1.75. The van der Waals surface area contributed by atoms with E-state index in [9.17, 15) is 27.6 Å². The zero-order valence-corrected chi connectivity index (χ0v) is 15.7. The number of benzene rings is 1. The van der Waals surface area contributed by atoms with Gasteiger partial charge in [0.05, 0.1) is 18.2 Å². The SMILES string of the molecule is CC(C)(C)OC(=O)N1CC(NC(=O)CNC(=O)c2cccc(C(F)(F)F)c2)C1. The first-order chi connectivity index (χ1) is 12.8. The van der Waals surface area contributed by atoms with E-state index in [1.807, 2.05) is 0 Å². The molecule has 1 fully saturated rings. The number of likely N-dealkylation sites (tertiary alicyclic amines) is 1. The van der Waals surface area contributed by atoms with Gasteiger partial charge in [0.15, 0.2) is 0 Å². The predicted octanol–water partition coefficient (Wildman–Crippen LogP) is 2.17. The van der Waals surface area contributed by atoms with Crippen LogP contribution < -0.4 is 10.6 Å². The van der Waals surface area contributed by atoms with E-state index in [0.29, 0.717) is 0 Å². The topological polar surface area (TPSA) is 87.7 Å². The molecule has 0 unspecified atom stereocenters. The normalized spacial score (nSPS) is 14.9. The van der Waals surface area contributed by atoms with Gasteiger partial charge in [0.25, 0.3) is 5.91 Å². The fourth-order valence-electron chi connectivity index (χ4n) is 2.42. The number of amides is 3. The molecule has 1 aromatic carbocycles. The molecule has 0 radical (unpaired) electrons. The molecule has 0 bridgehead atoms. The number of halogens is 3. The molecule has 28 heavy (non-hydrogen) atoms. The number of nitrogens with zero attached hydrogens (tertiary/aromatic N) is 1. The number of carbonyl (C=O) groups is 3. The Morgan fingerprint density at radius 2 is 1.82 bits per heavy atom. The third kappa shape index (κ3) is 6.14. The maximum Gasteiger partial charge on any atom is 0.416 e. The second-order valence-corrected chi connectivity index (χ2v) is 7.41. The number of alkyl halides is 3. The van der Waals surface area contributed by atoms with Crippen molar-refractivity contribution >= 4 is 17.9 Å². The first kappa shape index (κ1) is 21.5. The Kier molecular flexibility index (Phi) is 6.20. The first-order valence-electron chi connectivity index (χ1n) is 8.58. The zero-order chi connectivity index (χ0) is 21.1. The number of carbonyl (C=O) groups excluding carboxylic acids is 3. The molecular weight excluding hydrogens is 379 g/mol. The third-order valence-electron chi connectivity index (χ3n) is 3.76. The highest BCUT2D eigenvalue weighted by molar-refractivity contribution is 5.96. The Morgan fingerprint density at radius 1 is 1.18 bits per heavy atom. The van der Waals surface area contributed by atoms with Crippen LogP contribution in [0.15, 0.2) is 24.3 Å². The number of hydrogen-bond acceptors (Lipinski definition) is 4. The fraction of sp³-hybridized carbons (Fsp3) is 0.500. The van der Waals surface area contributed by atoms with Gasteiger partial charge in [-0.2, -0.15) is 13.2 Å². The Bertz CT molecular complexity index is 753. The lowest BCUT2D eigenvalue weighted by Gasteiger charge is -2.39. The highest BCUT2D eigenvalue weighted by Crippen LogP contribution is 2.29. The molecule has 0 atom stereocenters. The largest absolute Gasteiger partial charge is 0.444 e. The average molecular weight is 401 g/mol. The van der Waals surface area contributed by atoms with Crippen LogP contribution in [0.4, 0.5) is 18.0 Å². The Balaban J connectivity index is 1.75. The molecule has 10 heteroatoms. The van der Waals surface area contributed by atoms with E-state index in [1.165, 1.54) is 11.0 Å². The van der Waals surface area contributed by atoms with E-state index in [2.05, 4.69) is 10.6 Å². The van der Waals surface area contributed by atoms with Crippen molar-refractivity contribution in [2.75, 3.05) is 19.6 Å².